The normalized spacial score (nSPS) is 20.8. The van der Waals surface area contributed by atoms with E-state index in [0.29, 0.717) is 0 Å². The lowest BCUT2D eigenvalue weighted by Gasteiger charge is -2.12. The van der Waals surface area contributed by atoms with Crippen LogP contribution in [-0.4, -0.2) is 11.9 Å². The Labute approximate surface area is 130 Å². The Morgan fingerprint density at radius 2 is 1.73 bits per heavy atom. The van der Waals surface area contributed by atoms with E-state index in [1.807, 2.05) is 44.2 Å². The van der Waals surface area contributed by atoms with Gasteiger partial charge in [0.15, 0.2) is 0 Å². The van der Waals surface area contributed by atoms with E-state index >= 15 is 0 Å². The Hall–Kier alpha value is -2.17. The second-order valence-corrected chi connectivity index (χ2v) is 5.91. The third kappa shape index (κ3) is 3.35. The Bertz CT molecular complexity index is 649. The molecule has 1 aliphatic heterocycles. The predicted octanol–water partition coefficient (Wildman–Crippen LogP) is 2.85. The molecule has 0 radical (unpaired) electrons. The topological polar surface area (TPSA) is 53.2 Å². The molecule has 2 aromatic rings. The molecule has 0 aromatic heterocycles. The highest BCUT2D eigenvalue weighted by Crippen LogP contribution is 2.23. The number of hydrogen-bond acceptors (Lipinski definition) is 3. The summed E-state index contributed by atoms with van der Waals surface area (Å²) in [6.45, 7) is 4.06. The van der Waals surface area contributed by atoms with Crippen LogP contribution in [0.5, 0.6) is 0 Å². The third-order valence-corrected chi connectivity index (χ3v) is 3.91. The molecule has 3 N–H and O–H groups in total. The van der Waals surface area contributed by atoms with Crippen molar-refractivity contribution in [1.29, 1.82) is 0 Å². The van der Waals surface area contributed by atoms with Crippen LogP contribution in [0.25, 0.3) is 0 Å². The lowest BCUT2D eigenvalue weighted by atomic mass is 10.0. The van der Waals surface area contributed by atoms with Crippen molar-refractivity contribution >= 4 is 11.6 Å². The lowest BCUT2D eigenvalue weighted by molar-refractivity contribution is -0.117. The molecule has 2 unspecified atom stereocenters. The van der Waals surface area contributed by atoms with Crippen molar-refractivity contribution in [3.63, 3.8) is 0 Å². The van der Waals surface area contributed by atoms with Crippen molar-refractivity contribution in [1.82, 2.24) is 10.9 Å². The van der Waals surface area contributed by atoms with E-state index < -0.39 is 0 Å². The summed E-state index contributed by atoms with van der Waals surface area (Å²) in [6.07, 6.45) is 0.737. The van der Waals surface area contributed by atoms with Crippen molar-refractivity contribution in [3.05, 3.63) is 65.2 Å². The van der Waals surface area contributed by atoms with Gasteiger partial charge in [-0.3, -0.25) is 4.79 Å². The van der Waals surface area contributed by atoms with Crippen LogP contribution < -0.4 is 16.2 Å². The van der Waals surface area contributed by atoms with E-state index in [0.717, 1.165) is 23.2 Å². The highest BCUT2D eigenvalue weighted by molar-refractivity contribution is 5.95. The van der Waals surface area contributed by atoms with Crippen molar-refractivity contribution in [3.8, 4) is 0 Å². The largest absolute Gasteiger partial charge is 0.325 e. The van der Waals surface area contributed by atoms with Gasteiger partial charge in [0.25, 0.3) is 0 Å². The van der Waals surface area contributed by atoms with E-state index in [2.05, 4.69) is 34.4 Å². The summed E-state index contributed by atoms with van der Waals surface area (Å²) >= 11 is 0. The van der Waals surface area contributed by atoms with Gasteiger partial charge in [0.1, 0.15) is 6.04 Å². The maximum absolute atomic E-state index is 12.4. The number of nitrogens with one attached hydrogen (secondary N) is 3. The highest BCUT2D eigenvalue weighted by Gasteiger charge is 2.30. The number of aryl methyl sites for hydroxylation is 2. The molecule has 0 bridgehead atoms. The number of carbonyl (C=O) groups is 1. The lowest BCUT2D eigenvalue weighted by Crippen LogP contribution is -2.39. The zero-order chi connectivity index (χ0) is 15.5. The van der Waals surface area contributed by atoms with E-state index in [9.17, 15) is 4.79 Å². The van der Waals surface area contributed by atoms with Gasteiger partial charge < -0.3 is 5.32 Å². The standard InChI is InChI=1S/C18H21N3O/c1-12-8-13(2)10-15(9-12)19-18(22)17-11-16(20-21-17)14-6-4-3-5-7-14/h3-10,16-17,20-21H,11H2,1-2H3,(H,19,22). The maximum atomic E-state index is 12.4. The molecule has 0 aliphatic carbocycles. The van der Waals surface area contributed by atoms with Crippen LogP contribution in [0.15, 0.2) is 48.5 Å². The van der Waals surface area contributed by atoms with Gasteiger partial charge in [0.05, 0.1) is 0 Å². The summed E-state index contributed by atoms with van der Waals surface area (Å²) in [5.74, 6) is -0.00377. The molecule has 2 atom stereocenters. The summed E-state index contributed by atoms with van der Waals surface area (Å²) in [6, 6.07) is 16.2. The van der Waals surface area contributed by atoms with Crippen LogP contribution in [0, 0.1) is 13.8 Å². The summed E-state index contributed by atoms with van der Waals surface area (Å²) in [4.78, 5) is 12.4. The summed E-state index contributed by atoms with van der Waals surface area (Å²) in [5, 5.41) is 3.00. The average molecular weight is 295 g/mol. The molecule has 4 nitrogen and oxygen atoms in total. The van der Waals surface area contributed by atoms with E-state index in [4.69, 9.17) is 0 Å². The Balaban J connectivity index is 1.64. The van der Waals surface area contributed by atoms with Gasteiger partial charge in [-0.2, -0.15) is 0 Å². The number of hydrazine groups is 1. The van der Waals surface area contributed by atoms with Crippen LogP contribution in [0.3, 0.4) is 0 Å². The van der Waals surface area contributed by atoms with E-state index in [1.165, 1.54) is 5.56 Å². The van der Waals surface area contributed by atoms with E-state index in [-0.39, 0.29) is 18.0 Å². The molecule has 2 aromatic carbocycles. The molecule has 22 heavy (non-hydrogen) atoms. The predicted molar refractivity (Wildman–Crippen MR) is 88.4 cm³/mol. The fourth-order valence-corrected chi connectivity index (χ4v) is 2.91. The Morgan fingerprint density at radius 1 is 1.05 bits per heavy atom. The molecule has 1 heterocycles. The number of carbonyl (C=O) groups excluding carboxylic acids is 1. The van der Waals surface area contributed by atoms with Crippen molar-refractivity contribution < 1.29 is 4.79 Å². The molecular weight excluding hydrogens is 274 g/mol. The van der Waals surface area contributed by atoms with Gasteiger partial charge in [-0.05, 0) is 49.1 Å². The summed E-state index contributed by atoms with van der Waals surface area (Å²) in [7, 11) is 0. The second kappa shape index (κ2) is 6.30. The first-order valence-electron chi connectivity index (χ1n) is 7.57. The molecule has 0 saturated carbocycles. The zero-order valence-electron chi connectivity index (χ0n) is 12.9. The quantitative estimate of drug-likeness (QED) is 0.816. The molecular formula is C18H21N3O. The molecule has 3 rings (SSSR count). The molecule has 0 spiro atoms. The smallest absolute Gasteiger partial charge is 0.242 e. The van der Waals surface area contributed by atoms with Gasteiger partial charge in [-0.1, -0.05) is 36.4 Å². The first kappa shape index (κ1) is 14.8. The van der Waals surface area contributed by atoms with Crippen molar-refractivity contribution in [2.45, 2.75) is 32.4 Å². The van der Waals surface area contributed by atoms with Gasteiger partial charge in [-0.15, -0.1) is 0 Å². The molecule has 1 aliphatic rings. The fourth-order valence-electron chi connectivity index (χ4n) is 2.91. The van der Waals surface area contributed by atoms with Crippen molar-refractivity contribution in [2.75, 3.05) is 5.32 Å². The Morgan fingerprint density at radius 3 is 2.41 bits per heavy atom. The second-order valence-electron chi connectivity index (χ2n) is 5.91. The number of benzene rings is 2. The molecule has 4 heteroatoms. The fraction of sp³-hybridized carbons (Fsp3) is 0.278. The summed E-state index contributed by atoms with van der Waals surface area (Å²) < 4.78 is 0. The molecule has 114 valence electrons. The summed E-state index contributed by atoms with van der Waals surface area (Å²) in [5.41, 5.74) is 10.6. The zero-order valence-corrected chi connectivity index (χ0v) is 12.9. The maximum Gasteiger partial charge on any atom is 0.242 e. The Kier molecular flexibility index (Phi) is 4.22. The van der Waals surface area contributed by atoms with Crippen LogP contribution in [0.2, 0.25) is 0 Å². The van der Waals surface area contributed by atoms with E-state index in [1.54, 1.807) is 0 Å². The molecule has 1 fully saturated rings. The average Bonchev–Trinajstić information content (AvgIpc) is 2.97. The minimum Gasteiger partial charge on any atom is -0.325 e. The first-order chi connectivity index (χ1) is 10.6. The van der Waals surface area contributed by atoms with Gasteiger partial charge in [0, 0.05) is 11.7 Å². The van der Waals surface area contributed by atoms with Gasteiger partial charge in [0.2, 0.25) is 5.91 Å². The minimum atomic E-state index is -0.231. The first-order valence-corrected chi connectivity index (χ1v) is 7.57. The van der Waals surface area contributed by atoms with Crippen LogP contribution >= 0.6 is 0 Å². The highest BCUT2D eigenvalue weighted by atomic mass is 16.2. The molecule has 1 saturated heterocycles. The van der Waals surface area contributed by atoms with Crippen LogP contribution in [0.1, 0.15) is 29.2 Å². The van der Waals surface area contributed by atoms with Gasteiger partial charge >= 0.3 is 0 Å². The monoisotopic (exact) mass is 295 g/mol. The number of amides is 1. The van der Waals surface area contributed by atoms with Crippen LogP contribution in [0.4, 0.5) is 5.69 Å². The SMILES string of the molecule is Cc1cc(C)cc(NC(=O)C2CC(c3ccccc3)NN2)c1. The number of rotatable bonds is 3. The third-order valence-electron chi connectivity index (χ3n) is 3.91. The number of hydrogen-bond donors (Lipinski definition) is 3. The van der Waals surface area contributed by atoms with Gasteiger partial charge in [-0.25, -0.2) is 10.9 Å². The minimum absolute atomic E-state index is 0.00377. The van der Waals surface area contributed by atoms with Crippen LogP contribution in [-0.2, 0) is 4.79 Å². The van der Waals surface area contributed by atoms with Crippen molar-refractivity contribution in [2.24, 2.45) is 0 Å². The number of anilines is 1. The molecule has 1 amide bonds.